The van der Waals surface area contributed by atoms with Crippen molar-refractivity contribution in [3.8, 4) is 0 Å². The van der Waals surface area contributed by atoms with Crippen LogP contribution >= 0.6 is 0 Å². The lowest BCUT2D eigenvalue weighted by atomic mass is 10.1. The zero-order valence-electron chi connectivity index (χ0n) is 18.4. The average Bonchev–Trinajstić information content (AvgIpc) is 2.77. The molecule has 1 aliphatic heterocycles. The molecule has 2 aromatic carbocycles. The fraction of sp³-hybridized carbons (Fsp3) is 0.360. The molecule has 6 nitrogen and oxygen atoms in total. The molecule has 0 aromatic heterocycles. The van der Waals surface area contributed by atoms with Gasteiger partial charge in [-0.25, -0.2) is 0 Å². The number of nitrogens with zero attached hydrogens (tertiary/aromatic N) is 2. The lowest BCUT2D eigenvalue weighted by Crippen LogP contribution is -2.49. The van der Waals surface area contributed by atoms with Gasteiger partial charge in [0.15, 0.2) is 0 Å². The topological polar surface area (TPSA) is 64.7 Å². The number of nitrogens with one attached hydrogen (secondary N) is 2. The number of rotatable bonds is 8. The van der Waals surface area contributed by atoms with Crippen molar-refractivity contribution in [2.24, 2.45) is 0 Å². The second kappa shape index (κ2) is 11.4. The molecule has 2 N–H and O–H groups in total. The Bertz CT molecular complexity index is 883. The molecule has 1 fully saturated rings. The molecule has 6 heteroatoms. The number of carbonyl (C=O) groups is 2. The van der Waals surface area contributed by atoms with Crippen LogP contribution in [0, 0.1) is 13.8 Å². The molecule has 1 saturated heterocycles. The molecule has 0 bridgehead atoms. The summed E-state index contributed by atoms with van der Waals surface area (Å²) in [7, 11) is 0. The summed E-state index contributed by atoms with van der Waals surface area (Å²) >= 11 is 0. The van der Waals surface area contributed by atoms with Crippen LogP contribution < -0.4 is 10.6 Å². The SMILES string of the molecule is Cc1cccc(C)c1NC(=O)CNC(=O)CN1CCN(C/C=C/c2ccccc2)CC1. The molecule has 0 unspecified atom stereocenters. The predicted molar refractivity (Wildman–Crippen MR) is 126 cm³/mol. The Morgan fingerprint density at radius 2 is 1.52 bits per heavy atom. The molecule has 0 aliphatic carbocycles. The third-order valence-corrected chi connectivity index (χ3v) is 5.50. The minimum atomic E-state index is -0.208. The van der Waals surface area contributed by atoms with Gasteiger partial charge in [0, 0.05) is 38.4 Å². The predicted octanol–water partition coefficient (Wildman–Crippen LogP) is 2.69. The third-order valence-electron chi connectivity index (χ3n) is 5.50. The number of anilines is 1. The van der Waals surface area contributed by atoms with Gasteiger partial charge in [0.25, 0.3) is 0 Å². The average molecular weight is 421 g/mol. The molecule has 0 saturated carbocycles. The Hall–Kier alpha value is -2.96. The van der Waals surface area contributed by atoms with Crippen LogP contribution in [-0.4, -0.2) is 67.4 Å². The van der Waals surface area contributed by atoms with E-state index >= 15 is 0 Å². The summed E-state index contributed by atoms with van der Waals surface area (Å²) < 4.78 is 0. The molecule has 2 amide bonds. The molecule has 2 aromatic rings. The summed E-state index contributed by atoms with van der Waals surface area (Å²) in [6, 6.07) is 16.2. The summed E-state index contributed by atoms with van der Waals surface area (Å²) in [6.07, 6.45) is 4.33. The lowest BCUT2D eigenvalue weighted by molar-refractivity contribution is -0.125. The molecule has 0 radical (unpaired) electrons. The van der Waals surface area contributed by atoms with Gasteiger partial charge in [-0.2, -0.15) is 0 Å². The number of hydrogen-bond donors (Lipinski definition) is 2. The molecule has 1 heterocycles. The van der Waals surface area contributed by atoms with E-state index < -0.39 is 0 Å². The molecule has 0 atom stereocenters. The number of hydrogen-bond acceptors (Lipinski definition) is 4. The van der Waals surface area contributed by atoms with Crippen molar-refractivity contribution in [2.45, 2.75) is 13.8 Å². The minimum Gasteiger partial charge on any atom is -0.346 e. The van der Waals surface area contributed by atoms with Crippen LogP contribution in [0.1, 0.15) is 16.7 Å². The van der Waals surface area contributed by atoms with Crippen LogP contribution in [0.15, 0.2) is 54.6 Å². The number of piperazine rings is 1. The smallest absolute Gasteiger partial charge is 0.243 e. The highest BCUT2D eigenvalue weighted by Gasteiger charge is 2.18. The van der Waals surface area contributed by atoms with E-state index in [0.29, 0.717) is 6.54 Å². The van der Waals surface area contributed by atoms with Gasteiger partial charge in [-0.1, -0.05) is 60.7 Å². The fourth-order valence-corrected chi connectivity index (χ4v) is 3.67. The van der Waals surface area contributed by atoms with Crippen molar-refractivity contribution in [3.05, 3.63) is 71.3 Å². The third kappa shape index (κ3) is 7.35. The molecule has 31 heavy (non-hydrogen) atoms. The van der Waals surface area contributed by atoms with E-state index in [9.17, 15) is 9.59 Å². The van der Waals surface area contributed by atoms with Crippen LogP contribution in [0.3, 0.4) is 0 Å². The van der Waals surface area contributed by atoms with Crippen LogP contribution in [0.25, 0.3) is 6.08 Å². The van der Waals surface area contributed by atoms with Crippen molar-refractivity contribution in [3.63, 3.8) is 0 Å². The van der Waals surface area contributed by atoms with Gasteiger partial charge in [-0.3, -0.25) is 19.4 Å². The van der Waals surface area contributed by atoms with Gasteiger partial charge < -0.3 is 10.6 Å². The number of aryl methyl sites for hydroxylation is 2. The van der Waals surface area contributed by atoms with Crippen molar-refractivity contribution in [1.29, 1.82) is 0 Å². The van der Waals surface area contributed by atoms with Gasteiger partial charge in [0.1, 0.15) is 0 Å². The number of amides is 2. The quantitative estimate of drug-likeness (QED) is 0.689. The molecular formula is C25H32N4O2. The zero-order valence-corrected chi connectivity index (χ0v) is 18.4. The second-order valence-electron chi connectivity index (χ2n) is 7.98. The highest BCUT2D eigenvalue weighted by Crippen LogP contribution is 2.19. The lowest BCUT2D eigenvalue weighted by Gasteiger charge is -2.33. The molecule has 164 valence electrons. The first-order valence-corrected chi connectivity index (χ1v) is 10.8. The van der Waals surface area contributed by atoms with Crippen molar-refractivity contribution in [2.75, 3.05) is 51.1 Å². The van der Waals surface area contributed by atoms with Crippen LogP contribution in [0.4, 0.5) is 5.69 Å². The largest absolute Gasteiger partial charge is 0.346 e. The first-order chi connectivity index (χ1) is 15.0. The Kier molecular flexibility index (Phi) is 8.38. The maximum absolute atomic E-state index is 12.3. The van der Waals surface area contributed by atoms with Gasteiger partial charge in [-0.05, 0) is 30.5 Å². The Morgan fingerprint density at radius 1 is 0.871 bits per heavy atom. The summed E-state index contributed by atoms with van der Waals surface area (Å²) in [5.74, 6) is -0.324. The van der Waals surface area contributed by atoms with Crippen molar-refractivity contribution >= 4 is 23.6 Å². The standard InChI is InChI=1S/C25H32N4O2/c1-20-8-6-9-21(2)25(20)27-23(30)18-26-24(31)19-29-16-14-28(15-17-29)13-7-12-22-10-4-3-5-11-22/h3-12H,13-19H2,1-2H3,(H,26,31)(H,27,30)/b12-7+. The molecular weight excluding hydrogens is 388 g/mol. The number of benzene rings is 2. The summed E-state index contributed by atoms with van der Waals surface area (Å²) in [4.78, 5) is 29.0. The van der Waals surface area contributed by atoms with Gasteiger partial charge in [0.05, 0.1) is 13.1 Å². The second-order valence-corrected chi connectivity index (χ2v) is 7.98. The summed E-state index contributed by atoms with van der Waals surface area (Å²) in [5.41, 5.74) is 4.05. The monoisotopic (exact) mass is 420 g/mol. The highest BCUT2D eigenvalue weighted by molar-refractivity contribution is 5.95. The van der Waals surface area contributed by atoms with Gasteiger partial charge in [0.2, 0.25) is 11.8 Å². The number of para-hydroxylation sites is 1. The molecule has 3 rings (SSSR count). The Balaban J connectivity index is 1.33. The van der Waals surface area contributed by atoms with E-state index in [-0.39, 0.29) is 18.4 Å². The first-order valence-electron chi connectivity index (χ1n) is 10.8. The van der Waals surface area contributed by atoms with E-state index in [0.717, 1.165) is 49.5 Å². The maximum Gasteiger partial charge on any atom is 0.243 e. The number of carbonyl (C=O) groups excluding carboxylic acids is 2. The van der Waals surface area contributed by atoms with Crippen LogP contribution in [0.5, 0.6) is 0 Å². The summed E-state index contributed by atoms with van der Waals surface area (Å²) in [5, 5.41) is 5.63. The van der Waals surface area contributed by atoms with E-state index in [1.54, 1.807) is 0 Å². The molecule has 0 spiro atoms. The summed E-state index contributed by atoms with van der Waals surface area (Å²) in [6.45, 7) is 8.69. The van der Waals surface area contributed by atoms with E-state index in [1.165, 1.54) is 5.56 Å². The van der Waals surface area contributed by atoms with E-state index in [4.69, 9.17) is 0 Å². The van der Waals surface area contributed by atoms with Crippen molar-refractivity contribution in [1.82, 2.24) is 15.1 Å². The maximum atomic E-state index is 12.3. The first kappa shape index (κ1) is 22.7. The van der Waals surface area contributed by atoms with Crippen LogP contribution in [0.2, 0.25) is 0 Å². The van der Waals surface area contributed by atoms with Gasteiger partial charge in [-0.15, -0.1) is 0 Å². The van der Waals surface area contributed by atoms with E-state index in [1.807, 2.05) is 50.2 Å². The van der Waals surface area contributed by atoms with Crippen molar-refractivity contribution < 1.29 is 9.59 Å². The normalized spacial score (nSPS) is 15.2. The van der Waals surface area contributed by atoms with E-state index in [2.05, 4.69) is 44.7 Å². The zero-order chi connectivity index (χ0) is 22.1. The van der Waals surface area contributed by atoms with Crippen LogP contribution in [-0.2, 0) is 9.59 Å². The molecule has 1 aliphatic rings. The Morgan fingerprint density at radius 3 is 2.19 bits per heavy atom. The minimum absolute atomic E-state index is 0.0170. The highest BCUT2D eigenvalue weighted by atomic mass is 16.2. The van der Waals surface area contributed by atoms with Gasteiger partial charge >= 0.3 is 0 Å². The fourth-order valence-electron chi connectivity index (χ4n) is 3.67. The Labute approximate surface area is 184 Å².